The van der Waals surface area contributed by atoms with Crippen LogP contribution < -0.4 is 4.74 Å². The second kappa shape index (κ2) is 6.45. The zero-order valence-corrected chi connectivity index (χ0v) is 14.5. The second-order valence-electron chi connectivity index (χ2n) is 5.67. The van der Waals surface area contributed by atoms with Crippen molar-refractivity contribution in [3.05, 3.63) is 64.2 Å². The lowest BCUT2D eigenvalue weighted by molar-refractivity contribution is 0.0691. The van der Waals surface area contributed by atoms with Crippen LogP contribution in [0.15, 0.2) is 41.8 Å². The maximum absolute atomic E-state index is 10.9. The van der Waals surface area contributed by atoms with Crippen LogP contribution in [0.25, 0.3) is 10.6 Å². The molecule has 0 atom stereocenters. The predicted molar refractivity (Wildman–Crippen MR) is 95.2 cm³/mol. The van der Waals surface area contributed by atoms with Crippen molar-refractivity contribution in [3.8, 4) is 22.1 Å². The van der Waals surface area contributed by atoms with Crippen LogP contribution in [-0.2, 0) is 0 Å². The predicted octanol–water partition coefficient (Wildman–Crippen LogP) is 5.23. The molecule has 4 nitrogen and oxygen atoms in total. The SMILES string of the molecule is Cc1cc(C)c(C)c(Oc2ccc(-c3nc(C(=O)O)cs3)cc2)c1. The van der Waals surface area contributed by atoms with E-state index in [1.54, 1.807) is 5.38 Å². The fourth-order valence-corrected chi connectivity index (χ4v) is 3.20. The van der Waals surface area contributed by atoms with Gasteiger partial charge in [-0.15, -0.1) is 11.3 Å². The van der Waals surface area contributed by atoms with Gasteiger partial charge >= 0.3 is 5.97 Å². The molecule has 24 heavy (non-hydrogen) atoms. The van der Waals surface area contributed by atoms with E-state index in [0.717, 1.165) is 28.2 Å². The van der Waals surface area contributed by atoms with E-state index in [-0.39, 0.29) is 5.69 Å². The largest absolute Gasteiger partial charge is 0.476 e. The molecular formula is C19H17NO3S. The highest BCUT2D eigenvalue weighted by Crippen LogP contribution is 2.31. The number of nitrogens with zero attached hydrogens (tertiary/aromatic N) is 1. The minimum absolute atomic E-state index is 0.0705. The highest BCUT2D eigenvalue weighted by atomic mass is 32.1. The zero-order chi connectivity index (χ0) is 17.3. The molecular weight excluding hydrogens is 322 g/mol. The van der Waals surface area contributed by atoms with E-state index < -0.39 is 5.97 Å². The van der Waals surface area contributed by atoms with Crippen molar-refractivity contribution in [3.63, 3.8) is 0 Å². The molecule has 0 aliphatic rings. The summed E-state index contributed by atoms with van der Waals surface area (Å²) in [6, 6.07) is 11.7. The molecule has 0 spiro atoms. The van der Waals surface area contributed by atoms with E-state index in [1.165, 1.54) is 16.9 Å². The minimum atomic E-state index is -1.01. The zero-order valence-electron chi connectivity index (χ0n) is 13.7. The maximum atomic E-state index is 10.9. The Labute approximate surface area is 144 Å². The summed E-state index contributed by atoms with van der Waals surface area (Å²) < 4.78 is 5.99. The first kappa shape index (κ1) is 16.2. The van der Waals surface area contributed by atoms with Gasteiger partial charge in [0.1, 0.15) is 16.5 Å². The van der Waals surface area contributed by atoms with Crippen LogP contribution in [0, 0.1) is 20.8 Å². The Balaban J connectivity index is 1.83. The molecule has 0 amide bonds. The van der Waals surface area contributed by atoms with Crippen LogP contribution in [0.1, 0.15) is 27.2 Å². The highest BCUT2D eigenvalue weighted by Gasteiger charge is 2.11. The first-order chi connectivity index (χ1) is 11.4. The molecule has 0 unspecified atom stereocenters. The van der Waals surface area contributed by atoms with Gasteiger partial charge < -0.3 is 9.84 Å². The number of carbonyl (C=O) groups is 1. The van der Waals surface area contributed by atoms with Gasteiger partial charge in [-0.25, -0.2) is 9.78 Å². The average molecular weight is 339 g/mol. The number of ether oxygens (including phenoxy) is 1. The van der Waals surface area contributed by atoms with Crippen LogP contribution >= 0.6 is 11.3 Å². The molecule has 2 aromatic carbocycles. The molecule has 0 saturated heterocycles. The van der Waals surface area contributed by atoms with Gasteiger partial charge in [0.15, 0.2) is 5.69 Å². The summed E-state index contributed by atoms with van der Waals surface area (Å²) in [5.41, 5.74) is 4.42. The minimum Gasteiger partial charge on any atom is -0.476 e. The van der Waals surface area contributed by atoms with Crippen LogP contribution in [0.2, 0.25) is 0 Å². The molecule has 0 aliphatic heterocycles. The van der Waals surface area contributed by atoms with Crippen LogP contribution in [0.4, 0.5) is 0 Å². The van der Waals surface area contributed by atoms with E-state index in [1.807, 2.05) is 44.2 Å². The average Bonchev–Trinajstić information content (AvgIpc) is 3.03. The number of carboxylic acids is 1. The fraction of sp³-hybridized carbons (Fsp3) is 0.158. The van der Waals surface area contributed by atoms with Gasteiger partial charge in [0, 0.05) is 10.9 Å². The van der Waals surface area contributed by atoms with Crippen molar-refractivity contribution in [1.82, 2.24) is 4.98 Å². The number of aromatic nitrogens is 1. The standard InChI is InChI=1S/C19H17NO3S/c1-11-8-12(2)13(3)17(9-11)23-15-6-4-14(5-7-15)18-20-16(10-24-18)19(21)22/h4-10H,1-3H3,(H,21,22). The molecule has 0 radical (unpaired) electrons. The summed E-state index contributed by atoms with van der Waals surface area (Å²) in [6.45, 7) is 6.16. The van der Waals surface area contributed by atoms with Gasteiger partial charge in [0.25, 0.3) is 0 Å². The first-order valence-electron chi connectivity index (χ1n) is 7.49. The molecule has 0 aliphatic carbocycles. The Kier molecular flexibility index (Phi) is 4.36. The number of carboxylic acid groups (broad SMARTS) is 1. The topological polar surface area (TPSA) is 59.4 Å². The fourth-order valence-electron chi connectivity index (χ4n) is 2.40. The lowest BCUT2D eigenvalue weighted by Crippen LogP contribution is -1.95. The van der Waals surface area contributed by atoms with Crippen molar-refractivity contribution in [1.29, 1.82) is 0 Å². The summed E-state index contributed by atoms with van der Waals surface area (Å²) >= 11 is 1.31. The smallest absolute Gasteiger partial charge is 0.355 e. The number of benzene rings is 2. The highest BCUT2D eigenvalue weighted by molar-refractivity contribution is 7.13. The van der Waals surface area contributed by atoms with Crippen molar-refractivity contribution in [2.45, 2.75) is 20.8 Å². The number of hydrogen-bond acceptors (Lipinski definition) is 4. The van der Waals surface area contributed by atoms with Crippen molar-refractivity contribution in [2.75, 3.05) is 0 Å². The summed E-state index contributed by atoms with van der Waals surface area (Å²) in [4.78, 5) is 15.0. The Bertz CT molecular complexity index is 897. The van der Waals surface area contributed by atoms with Gasteiger partial charge in [0.2, 0.25) is 0 Å². The Morgan fingerprint density at radius 1 is 1.12 bits per heavy atom. The van der Waals surface area contributed by atoms with Gasteiger partial charge in [-0.2, -0.15) is 0 Å². The van der Waals surface area contributed by atoms with E-state index in [4.69, 9.17) is 9.84 Å². The Hall–Kier alpha value is -2.66. The summed E-state index contributed by atoms with van der Waals surface area (Å²) in [6.07, 6.45) is 0. The monoisotopic (exact) mass is 339 g/mol. The molecule has 0 saturated carbocycles. The molecule has 122 valence electrons. The molecule has 1 heterocycles. The van der Waals surface area contributed by atoms with Crippen molar-refractivity contribution >= 4 is 17.3 Å². The molecule has 5 heteroatoms. The van der Waals surface area contributed by atoms with E-state index in [2.05, 4.69) is 18.0 Å². The normalized spacial score (nSPS) is 10.6. The van der Waals surface area contributed by atoms with Crippen LogP contribution in [-0.4, -0.2) is 16.1 Å². The lowest BCUT2D eigenvalue weighted by atomic mass is 10.1. The quantitative estimate of drug-likeness (QED) is 0.707. The van der Waals surface area contributed by atoms with Gasteiger partial charge in [-0.3, -0.25) is 0 Å². The maximum Gasteiger partial charge on any atom is 0.355 e. The molecule has 3 rings (SSSR count). The van der Waals surface area contributed by atoms with Crippen LogP contribution in [0.3, 0.4) is 0 Å². The molecule has 1 aromatic heterocycles. The number of aromatic carboxylic acids is 1. The summed E-state index contributed by atoms with van der Waals surface area (Å²) in [7, 11) is 0. The number of hydrogen-bond donors (Lipinski definition) is 1. The molecule has 1 N–H and O–H groups in total. The lowest BCUT2D eigenvalue weighted by Gasteiger charge is -2.12. The first-order valence-corrected chi connectivity index (χ1v) is 8.37. The van der Waals surface area contributed by atoms with Crippen LogP contribution in [0.5, 0.6) is 11.5 Å². The number of thiazole rings is 1. The Morgan fingerprint density at radius 3 is 2.46 bits per heavy atom. The van der Waals surface area contributed by atoms with E-state index in [9.17, 15) is 4.79 Å². The third kappa shape index (κ3) is 3.31. The van der Waals surface area contributed by atoms with Crippen molar-refractivity contribution < 1.29 is 14.6 Å². The number of rotatable bonds is 4. The number of aryl methyl sites for hydroxylation is 2. The third-order valence-electron chi connectivity index (χ3n) is 3.82. The van der Waals surface area contributed by atoms with Crippen molar-refractivity contribution in [2.24, 2.45) is 0 Å². The molecule has 0 bridgehead atoms. The molecule has 3 aromatic rings. The summed E-state index contributed by atoms with van der Waals surface area (Å²) in [5.74, 6) is 0.576. The third-order valence-corrected chi connectivity index (χ3v) is 4.71. The Morgan fingerprint density at radius 2 is 1.83 bits per heavy atom. The van der Waals surface area contributed by atoms with Gasteiger partial charge in [-0.05, 0) is 67.8 Å². The summed E-state index contributed by atoms with van der Waals surface area (Å²) in [5, 5.41) is 11.2. The van der Waals surface area contributed by atoms with Gasteiger partial charge in [0.05, 0.1) is 0 Å². The van der Waals surface area contributed by atoms with E-state index >= 15 is 0 Å². The molecule has 0 fully saturated rings. The van der Waals surface area contributed by atoms with E-state index in [0.29, 0.717) is 5.01 Å². The van der Waals surface area contributed by atoms with Gasteiger partial charge in [-0.1, -0.05) is 6.07 Å². The second-order valence-corrected chi connectivity index (χ2v) is 6.53.